The lowest BCUT2D eigenvalue weighted by molar-refractivity contribution is -0.137. The smallest absolute Gasteiger partial charge is 0.303 e. The molecule has 0 saturated carbocycles. The van der Waals surface area contributed by atoms with Gasteiger partial charge in [0.2, 0.25) is 5.89 Å². The number of carboxylic acids is 1. The lowest BCUT2D eigenvalue weighted by Gasteiger charge is -1.90. The van der Waals surface area contributed by atoms with E-state index in [1.54, 1.807) is 6.92 Å². The molecule has 0 fully saturated rings. The summed E-state index contributed by atoms with van der Waals surface area (Å²) in [6.45, 7) is 1.73. The Kier molecular flexibility index (Phi) is 2.79. The Morgan fingerprint density at radius 3 is 2.92 bits per heavy atom. The highest BCUT2D eigenvalue weighted by Gasteiger charge is 2.03. The number of carbonyl (C=O) groups is 1. The molecule has 66 valence electrons. The Morgan fingerprint density at radius 2 is 2.42 bits per heavy atom. The fourth-order valence-electron chi connectivity index (χ4n) is 0.832. The molecule has 5 nitrogen and oxygen atoms in total. The van der Waals surface area contributed by atoms with Crippen LogP contribution in [-0.2, 0) is 11.2 Å². The average Bonchev–Trinajstić information content (AvgIpc) is 2.35. The van der Waals surface area contributed by atoms with Gasteiger partial charge in [-0.25, -0.2) is 0 Å². The molecule has 0 aliphatic rings. The second-order valence-electron chi connectivity index (χ2n) is 2.48. The first-order valence-corrected chi connectivity index (χ1v) is 3.69. The predicted octanol–water partition coefficient (Wildman–Crippen LogP) is 0.785. The molecule has 0 aliphatic carbocycles. The van der Waals surface area contributed by atoms with Crippen LogP contribution in [0.3, 0.4) is 0 Å². The molecule has 12 heavy (non-hydrogen) atoms. The monoisotopic (exact) mass is 170 g/mol. The van der Waals surface area contributed by atoms with Gasteiger partial charge in [0.05, 0.1) is 0 Å². The summed E-state index contributed by atoms with van der Waals surface area (Å²) in [4.78, 5) is 14.1. The molecule has 0 radical (unpaired) electrons. The number of carboxylic acid groups (broad SMARTS) is 1. The summed E-state index contributed by atoms with van der Waals surface area (Å²) < 4.78 is 4.79. The zero-order chi connectivity index (χ0) is 8.97. The van der Waals surface area contributed by atoms with E-state index < -0.39 is 5.97 Å². The third kappa shape index (κ3) is 2.69. The van der Waals surface area contributed by atoms with Crippen molar-refractivity contribution in [3.63, 3.8) is 0 Å². The molecular formula is C7H10N2O3. The van der Waals surface area contributed by atoms with Gasteiger partial charge < -0.3 is 9.63 Å². The zero-order valence-electron chi connectivity index (χ0n) is 6.78. The van der Waals surface area contributed by atoms with Gasteiger partial charge in [0.25, 0.3) is 0 Å². The number of nitrogens with zero attached hydrogens (tertiary/aromatic N) is 2. The maximum absolute atomic E-state index is 10.1. The van der Waals surface area contributed by atoms with Gasteiger partial charge in [0.15, 0.2) is 5.82 Å². The van der Waals surface area contributed by atoms with Crippen LogP contribution in [0.4, 0.5) is 0 Å². The fraction of sp³-hybridized carbons (Fsp3) is 0.571. The number of aliphatic carboxylic acids is 1. The summed E-state index contributed by atoms with van der Waals surface area (Å²) in [7, 11) is 0. The molecule has 0 unspecified atom stereocenters. The van der Waals surface area contributed by atoms with Crippen LogP contribution in [0.5, 0.6) is 0 Å². The largest absolute Gasteiger partial charge is 0.481 e. The van der Waals surface area contributed by atoms with Crippen molar-refractivity contribution in [2.24, 2.45) is 0 Å². The van der Waals surface area contributed by atoms with Gasteiger partial charge in [-0.15, -0.1) is 0 Å². The topological polar surface area (TPSA) is 76.2 Å². The van der Waals surface area contributed by atoms with Crippen LogP contribution < -0.4 is 0 Å². The van der Waals surface area contributed by atoms with E-state index in [0.29, 0.717) is 24.6 Å². The highest BCUT2D eigenvalue weighted by molar-refractivity contribution is 5.66. The average molecular weight is 170 g/mol. The van der Waals surface area contributed by atoms with Gasteiger partial charge in [-0.1, -0.05) is 5.16 Å². The van der Waals surface area contributed by atoms with E-state index in [1.165, 1.54) is 0 Å². The number of aryl methyl sites for hydroxylation is 2. The molecule has 0 aliphatic heterocycles. The third-order valence-corrected chi connectivity index (χ3v) is 1.35. The molecule has 1 aromatic rings. The van der Waals surface area contributed by atoms with Crippen LogP contribution in [0.1, 0.15) is 24.6 Å². The highest BCUT2D eigenvalue weighted by atomic mass is 16.5. The van der Waals surface area contributed by atoms with Crippen molar-refractivity contribution in [2.45, 2.75) is 26.2 Å². The van der Waals surface area contributed by atoms with Crippen molar-refractivity contribution in [1.29, 1.82) is 0 Å². The Balaban J connectivity index is 2.29. The van der Waals surface area contributed by atoms with Gasteiger partial charge in [-0.05, 0) is 13.3 Å². The molecule has 1 heterocycles. The quantitative estimate of drug-likeness (QED) is 0.722. The molecule has 5 heteroatoms. The highest BCUT2D eigenvalue weighted by Crippen LogP contribution is 2.01. The first-order chi connectivity index (χ1) is 5.68. The summed E-state index contributed by atoms with van der Waals surface area (Å²) in [5, 5.41) is 11.9. The summed E-state index contributed by atoms with van der Waals surface area (Å²) in [5.41, 5.74) is 0. The lowest BCUT2D eigenvalue weighted by atomic mass is 10.2. The maximum Gasteiger partial charge on any atom is 0.303 e. The Labute approximate surface area is 69.4 Å². The first-order valence-electron chi connectivity index (χ1n) is 3.69. The molecule has 0 bridgehead atoms. The molecule has 0 amide bonds. The van der Waals surface area contributed by atoms with Crippen LogP contribution in [0.25, 0.3) is 0 Å². The molecule has 1 aromatic heterocycles. The number of hydrogen-bond donors (Lipinski definition) is 1. The van der Waals surface area contributed by atoms with E-state index >= 15 is 0 Å². The fourth-order valence-corrected chi connectivity index (χ4v) is 0.832. The molecule has 1 N–H and O–H groups in total. The number of hydrogen-bond acceptors (Lipinski definition) is 4. The van der Waals surface area contributed by atoms with E-state index in [0.717, 1.165) is 0 Å². The molecular weight excluding hydrogens is 160 g/mol. The minimum Gasteiger partial charge on any atom is -0.481 e. The van der Waals surface area contributed by atoms with Crippen molar-refractivity contribution >= 4 is 5.97 Å². The van der Waals surface area contributed by atoms with Crippen molar-refractivity contribution < 1.29 is 14.4 Å². The Morgan fingerprint density at radius 1 is 1.67 bits per heavy atom. The van der Waals surface area contributed by atoms with Crippen LogP contribution >= 0.6 is 0 Å². The third-order valence-electron chi connectivity index (χ3n) is 1.35. The molecule has 0 atom stereocenters. The second-order valence-corrected chi connectivity index (χ2v) is 2.48. The van der Waals surface area contributed by atoms with Crippen LogP contribution in [0, 0.1) is 6.92 Å². The number of aromatic nitrogens is 2. The van der Waals surface area contributed by atoms with Crippen LogP contribution in [0.2, 0.25) is 0 Å². The summed E-state index contributed by atoms with van der Waals surface area (Å²) in [6.07, 6.45) is 1.21. The number of rotatable bonds is 4. The van der Waals surface area contributed by atoms with E-state index in [4.69, 9.17) is 9.63 Å². The standard InChI is InChI=1S/C7H10N2O3/c1-5-8-6(12-9-5)3-2-4-7(10)11/h2-4H2,1H3,(H,10,11). The molecule has 0 aromatic carbocycles. The van der Waals surface area contributed by atoms with E-state index in [2.05, 4.69) is 10.1 Å². The van der Waals surface area contributed by atoms with E-state index in [-0.39, 0.29) is 6.42 Å². The van der Waals surface area contributed by atoms with Crippen LogP contribution in [0.15, 0.2) is 4.52 Å². The Bertz CT molecular complexity index is 269. The minimum atomic E-state index is -0.800. The Hall–Kier alpha value is -1.39. The van der Waals surface area contributed by atoms with Gasteiger partial charge in [-0.2, -0.15) is 4.98 Å². The summed E-state index contributed by atoms with van der Waals surface area (Å²) >= 11 is 0. The summed E-state index contributed by atoms with van der Waals surface area (Å²) in [5.74, 6) is 0.292. The van der Waals surface area contributed by atoms with Crippen molar-refractivity contribution in [3.8, 4) is 0 Å². The molecule has 1 rings (SSSR count). The first kappa shape index (κ1) is 8.70. The molecule has 0 spiro atoms. The molecule has 0 saturated heterocycles. The van der Waals surface area contributed by atoms with Gasteiger partial charge in [0.1, 0.15) is 0 Å². The SMILES string of the molecule is Cc1noc(CCCC(=O)O)n1. The second kappa shape index (κ2) is 3.85. The van der Waals surface area contributed by atoms with E-state index in [9.17, 15) is 4.79 Å². The lowest BCUT2D eigenvalue weighted by Crippen LogP contribution is -1.95. The van der Waals surface area contributed by atoms with Gasteiger partial charge in [0, 0.05) is 12.8 Å². The van der Waals surface area contributed by atoms with Crippen molar-refractivity contribution in [3.05, 3.63) is 11.7 Å². The minimum absolute atomic E-state index is 0.140. The van der Waals surface area contributed by atoms with Crippen molar-refractivity contribution in [1.82, 2.24) is 10.1 Å². The predicted molar refractivity (Wildman–Crippen MR) is 39.6 cm³/mol. The van der Waals surface area contributed by atoms with Crippen LogP contribution in [-0.4, -0.2) is 21.2 Å². The normalized spacial score (nSPS) is 10.1. The summed E-state index contributed by atoms with van der Waals surface area (Å²) in [6, 6.07) is 0. The maximum atomic E-state index is 10.1. The zero-order valence-corrected chi connectivity index (χ0v) is 6.78. The van der Waals surface area contributed by atoms with Gasteiger partial charge >= 0.3 is 5.97 Å². The van der Waals surface area contributed by atoms with Gasteiger partial charge in [-0.3, -0.25) is 4.79 Å². The van der Waals surface area contributed by atoms with E-state index in [1.807, 2.05) is 0 Å². The van der Waals surface area contributed by atoms with Crippen molar-refractivity contribution in [2.75, 3.05) is 0 Å².